The van der Waals surface area contributed by atoms with Crippen LogP contribution in [0.4, 0.5) is 0 Å². The highest BCUT2D eigenvalue weighted by Gasteiger charge is 2.33. The van der Waals surface area contributed by atoms with Crippen LogP contribution in [0.2, 0.25) is 10.0 Å². The van der Waals surface area contributed by atoms with E-state index in [1.54, 1.807) is 12.1 Å². The highest BCUT2D eigenvalue weighted by Crippen LogP contribution is 2.43. The van der Waals surface area contributed by atoms with Gasteiger partial charge < -0.3 is 4.52 Å². The number of halogens is 2. The Bertz CT molecular complexity index is 680. The summed E-state index contributed by atoms with van der Waals surface area (Å²) in [4.78, 5) is 13.4. The summed E-state index contributed by atoms with van der Waals surface area (Å²) in [6.07, 6.45) is 5.45. The zero-order chi connectivity index (χ0) is 14.3. The van der Waals surface area contributed by atoms with Crippen molar-refractivity contribution in [2.75, 3.05) is 6.26 Å². The monoisotopic (exact) mass is 327 g/mol. The van der Waals surface area contributed by atoms with E-state index in [4.69, 9.17) is 27.7 Å². The Hall–Kier alpha value is -0.970. The predicted molar refractivity (Wildman–Crippen MR) is 80.2 cm³/mol. The summed E-state index contributed by atoms with van der Waals surface area (Å²) < 4.78 is 5.22. The third-order valence-electron chi connectivity index (χ3n) is 3.29. The first-order valence-electron chi connectivity index (χ1n) is 6.14. The van der Waals surface area contributed by atoms with E-state index >= 15 is 0 Å². The molecule has 0 saturated heterocycles. The number of carbonyl (C=O) groups is 1. The van der Waals surface area contributed by atoms with Gasteiger partial charge in [0.05, 0.1) is 21.8 Å². The number of benzene rings is 1. The number of ketones is 1. The van der Waals surface area contributed by atoms with E-state index in [0.29, 0.717) is 37.7 Å². The molecule has 0 N–H and O–H groups in total. The summed E-state index contributed by atoms with van der Waals surface area (Å²) >= 11 is 13.6. The molecular weight excluding hydrogens is 317 g/mol. The largest absolute Gasteiger partial charge is 0.360 e. The number of nitrogens with zero attached hydrogens (tertiary/aromatic N) is 1. The van der Waals surface area contributed by atoms with Crippen molar-refractivity contribution in [3.8, 4) is 0 Å². The predicted octanol–water partition coefficient (Wildman–Crippen LogP) is 4.81. The second kappa shape index (κ2) is 5.43. The standard InChI is InChI=1S/C14H11Cl2NO2S/c1-20-14-8(4-5-10(15)11(14)16)12(18)9-6-17-19-13(9)7-2-3-7/h4-7H,2-3H2,1H3. The van der Waals surface area contributed by atoms with Gasteiger partial charge in [0.1, 0.15) is 0 Å². The van der Waals surface area contributed by atoms with Crippen molar-refractivity contribution in [3.05, 3.63) is 45.3 Å². The van der Waals surface area contributed by atoms with E-state index in [-0.39, 0.29) is 5.78 Å². The van der Waals surface area contributed by atoms with Crippen molar-refractivity contribution < 1.29 is 9.32 Å². The minimum absolute atomic E-state index is 0.115. The van der Waals surface area contributed by atoms with Crippen LogP contribution >= 0.6 is 35.0 Å². The van der Waals surface area contributed by atoms with Crippen LogP contribution in [-0.4, -0.2) is 17.2 Å². The van der Waals surface area contributed by atoms with Gasteiger partial charge >= 0.3 is 0 Å². The van der Waals surface area contributed by atoms with Crippen molar-refractivity contribution in [1.82, 2.24) is 5.16 Å². The van der Waals surface area contributed by atoms with Crippen LogP contribution in [0.1, 0.15) is 40.4 Å². The number of aromatic nitrogens is 1. The maximum atomic E-state index is 12.7. The fourth-order valence-corrected chi connectivity index (χ4v) is 3.39. The Morgan fingerprint density at radius 2 is 2.10 bits per heavy atom. The molecule has 0 unspecified atom stereocenters. The van der Waals surface area contributed by atoms with E-state index in [2.05, 4.69) is 5.16 Å². The van der Waals surface area contributed by atoms with Gasteiger partial charge in [-0.15, -0.1) is 11.8 Å². The highest BCUT2D eigenvalue weighted by molar-refractivity contribution is 7.98. The molecule has 1 aliphatic rings. The lowest BCUT2D eigenvalue weighted by Crippen LogP contribution is -2.05. The van der Waals surface area contributed by atoms with Crippen molar-refractivity contribution >= 4 is 40.7 Å². The molecule has 3 nitrogen and oxygen atoms in total. The van der Waals surface area contributed by atoms with Crippen LogP contribution < -0.4 is 0 Å². The topological polar surface area (TPSA) is 43.1 Å². The fourth-order valence-electron chi connectivity index (χ4n) is 2.11. The van der Waals surface area contributed by atoms with Gasteiger partial charge in [-0.25, -0.2) is 0 Å². The minimum Gasteiger partial charge on any atom is -0.360 e. The molecule has 1 saturated carbocycles. The van der Waals surface area contributed by atoms with Crippen molar-refractivity contribution in [1.29, 1.82) is 0 Å². The summed E-state index contributed by atoms with van der Waals surface area (Å²) in [7, 11) is 0. The zero-order valence-corrected chi connectivity index (χ0v) is 13.0. The Balaban J connectivity index is 2.06. The molecule has 1 aromatic carbocycles. The van der Waals surface area contributed by atoms with Crippen molar-refractivity contribution in [2.24, 2.45) is 0 Å². The lowest BCUT2D eigenvalue weighted by atomic mass is 10.0. The van der Waals surface area contributed by atoms with Gasteiger partial charge in [-0.1, -0.05) is 28.4 Å². The average molecular weight is 328 g/mol. The quantitative estimate of drug-likeness (QED) is 0.597. The number of thioether (sulfide) groups is 1. The normalized spacial score (nSPS) is 14.6. The molecule has 2 aromatic rings. The van der Waals surface area contributed by atoms with Crippen LogP contribution in [0.15, 0.2) is 27.7 Å². The van der Waals surface area contributed by atoms with Gasteiger partial charge in [0.15, 0.2) is 11.5 Å². The van der Waals surface area contributed by atoms with Crippen LogP contribution in [0.25, 0.3) is 0 Å². The highest BCUT2D eigenvalue weighted by atomic mass is 35.5. The van der Waals surface area contributed by atoms with Crippen LogP contribution in [0.3, 0.4) is 0 Å². The molecule has 1 aromatic heterocycles. The van der Waals surface area contributed by atoms with Crippen LogP contribution in [-0.2, 0) is 0 Å². The van der Waals surface area contributed by atoms with E-state index < -0.39 is 0 Å². The third-order valence-corrected chi connectivity index (χ3v) is 5.04. The molecule has 0 amide bonds. The molecule has 0 atom stereocenters. The Morgan fingerprint density at radius 1 is 1.35 bits per heavy atom. The van der Waals surface area contributed by atoms with Crippen LogP contribution in [0.5, 0.6) is 0 Å². The van der Waals surface area contributed by atoms with Gasteiger partial charge in [0.2, 0.25) is 0 Å². The molecule has 1 fully saturated rings. The summed E-state index contributed by atoms with van der Waals surface area (Å²) in [6.45, 7) is 0. The van der Waals surface area contributed by atoms with Gasteiger partial charge in [0, 0.05) is 16.4 Å². The molecule has 1 aliphatic carbocycles. The number of hydrogen-bond acceptors (Lipinski definition) is 4. The number of carbonyl (C=O) groups excluding carboxylic acids is 1. The third kappa shape index (κ3) is 2.36. The second-order valence-electron chi connectivity index (χ2n) is 4.65. The molecule has 1 heterocycles. The lowest BCUT2D eigenvalue weighted by Gasteiger charge is -2.09. The molecule has 104 valence electrons. The van der Waals surface area contributed by atoms with E-state index in [9.17, 15) is 4.79 Å². The summed E-state index contributed by atoms with van der Waals surface area (Å²) in [6, 6.07) is 3.34. The Kier molecular flexibility index (Phi) is 3.80. The van der Waals surface area contributed by atoms with Crippen molar-refractivity contribution in [3.63, 3.8) is 0 Å². The molecule has 0 radical (unpaired) electrons. The SMILES string of the molecule is CSc1c(C(=O)c2cnoc2C2CC2)ccc(Cl)c1Cl. The maximum Gasteiger partial charge on any atom is 0.199 e. The second-order valence-corrected chi connectivity index (χ2v) is 6.25. The summed E-state index contributed by atoms with van der Waals surface area (Å²) in [5.74, 6) is 0.904. The molecular formula is C14H11Cl2NO2S. The lowest BCUT2D eigenvalue weighted by molar-refractivity contribution is 0.103. The summed E-state index contributed by atoms with van der Waals surface area (Å²) in [5, 5.41) is 4.62. The molecule has 6 heteroatoms. The fraction of sp³-hybridized carbons (Fsp3) is 0.286. The number of hydrogen-bond donors (Lipinski definition) is 0. The first-order valence-corrected chi connectivity index (χ1v) is 8.12. The summed E-state index contributed by atoms with van der Waals surface area (Å²) in [5.41, 5.74) is 1.07. The average Bonchev–Trinajstić information content (AvgIpc) is 3.18. The van der Waals surface area contributed by atoms with E-state index in [1.165, 1.54) is 18.0 Å². The molecule has 20 heavy (non-hydrogen) atoms. The molecule has 0 aliphatic heterocycles. The van der Waals surface area contributed by atoms with Gasteiger partial charge in [-0.3, -0.25) is 4.79 Å². The van der Waals surface area contributed by atoms with Gasteiger partial charge in [-0.05, 0) is 31.2 Å². The molecule has 0 spiro atoms. The number of rotatable bonds is 4. The van der Waals surface area contributed by atoms with Gasteiger partial charge in [0.25, 0.3) is 0 Å². The Morgan fingerprint density at radius 3 is 2.75 bits per heavy atom. The zero-order valence-electron chi connectivity index (χ0n) is 10.7. The first kappa shape index (κ1) is 14.0. The van der Waals surface area contributed by atoms with Gasteiger partial charge in [-0.2, -0.15) is 0 Å². The van der Waals surface area contributed by atoms with E-state index in [1.807, 2.05) is 6.26 Å². The Labute approximate surface area is 130 Å². The smallest absolute Gasteiger partial charge is 0.199 e. The first-order chi connectivity index (χ1) is 9.63. The van der Waals surface area contributed by atoms with Crippen molar-refractivity contribution in [2.45, 2.75) is 23.7 Å². The molecule has 3 rings (SSSR count). The maximum absolute atomic E-state index is 12.7. The minimum atomic E-state index is -0.115. The van der Waals surface area contributed by atoms with E-state index in [0.717, 1.165) is 12.8 Å². The molecule has 0 bridgehead atoms. The van der Waals surface area contributed by atoms with Crippen LogP contribution in [0, 0.1) is 0 Å².